The van der Waals surface area contributed by atoms with Crippen molar-refractivity contribution in [3.8, 4) is 11.4 Å². The van der Waals surface area contributed by atoms with E-state index in [0.717, 1.165) is 49.0 Å². The highest BCUT2D eigenvalue weighted by molar-refractivity contribution is 5.68. The fraction of sp³-hybridized carbons (Fsp3) is 0.500. The highest BCUT2D eigenvalue weighted by atomic mass is 16.6. The van der Waals surface area contributed by atoms with E-state index in [9.17, 15) is 9.90 Å². The van der Waals surface area contributed by atoms with Crippen LogP contribution in [0.5, 0.6) is 0 Å². The van der Waals surface area contributed by atoms with E-state index in [0.29, 0.717) is 11.7 Å². The lowest BCUT2D eigenvalue weighted by atomic mass is 9.91. The highest BCUT2D eigenvalue weighted by Crippen LogP contribution is 2.23. The Hall–Kier alpha value is -2.47. The van der Waals surface area contributed by atoms with Crippen LogP contribution in [0.25, 0.3) is 11.4 Å². The summed E-state index contributed by atoms with van der Waals surface area (Å²) in [6.45, 7) is 7.14. The molecular weight excluding hydrogens is 354 g/mol. The van der Waals surface area contributed by atoms with Crippen LogP contribution < -0.4 is 0 Å². The molecule has 0 unspecified atom stereocenters. The highest BCUT2D eigenvalue weighted by Gasteiger charge is 2.27. The Kier molecular flexibility index (Phi) is 6.29. The molecular formula is C22H29N3O3. The van der Waals surface area contributed by atoms with Gasteiger partial charge in [-0.1, -0.05) is 18.2 Å². The molecule has 1 aromatic heterocycles. The first-order valence-electron chi connectivity index (χ1n) is 9.83. The standard InChI is InChI=1S/C22H29N3O3/c1-22(2,3)28-21(27)25-9-7-16(8-10-25)11-18-13-23-20(24-14-18)19-6-4-5-17(12-19)15-26/h4-6,12-14,16,26H,7-11,15H2,1-3H3. The maximum Gasteiger partial charge on any atom is 0.410 e. The summed E-state index contributed by atoms with van der Waals surface area (Å²) in [5.74, 6) is 1.18. The van der Waals surface area contributed by atoms with Crippen molar-refractivity contribution in [3.05, 3.63) is 47.8 Å². The number of carbonyl (C=O) groups excluding carboxylic acids is 1. The Morgan fingerprint density at radius 2 is 1.86 bits per heavy atom. The van der Waals surface area contributed by atoms with Crippen molar-refractivity contribution >= 4 is 6.09 Å². The first-order valence-corrected chi connectivity index (χ1v) is 9.83. The number of ether oxygens (including phenoxy) is 1. The van der Waals surface area contributed by atoms with E-state index in [4.69, 9.17) is 4.74 Å². The second-order valence-electron chi connectivity index (χ2n) is 8.39. The van der Waals surface area contributed by atoms with Crippen molar-refractivity contribution in [1.29, 1.82) is 0 Å². The molecule has 1 saturated heterocycles. The van der Waals surface area contributed by atoms with Gasteiger partial charge in [0.2, 0.25) is 0 Å². The first-order chi connectivity index (χ1) is 13.3. The number of benzene rings is 1. The average molecular weight is 383 g/mol. The zero-order valence-electron chi connectivity index (χ0n) is 16.9. The van der Waals surface area contributed by atoms with Crippen LogP contribution in [-0.4, -0.2) is 44.8 Å². The molecule has 0 saturated carbocycles. The van der Waals surface area contributed by atoms with Crippen LogP contribution >= 0.6 is 0 Å². The summed E-state index contributed by atoms with van der Waals surface area (Å²) < 4.78 is 5.45. The molecule has 0 radical (unpaired) electrons. The van der Waals surface area contributed by atoms with Crippen LogP contribution in [-0.2, 0) is 17.8 Å². The summed E-state index contributed by atoms with van der Waals surface area (Å²) in [5.41, 5.74) is 2.41. The zero-order chi connectivity index (χ0) is 20.1. The maximum atomic E-state index is 12.2. The number of hydrogen-bond donors (Lipinski definition) is 1. The number of likely N-dealkylation sites (tertiary alicyclic amines) is 1. The Bertz CT molecular complexity index is 791. The largest absolute Gasteiger partial charge is 0.444 e. The smallest absolute Gasteiger partial charge is 0.410 e. The molecule has 2 heterocycles. The van der Waals surface area contributed by atoms with Gasteiger partial charge in [-0.3, -0.25) is 0 Å². The summed E-state index contributed by atoms with van der Waals surface area (Å²) in [7, 11) is 0. The van der Waals surface area contributed by atoms with Gasteiger partial charge >= 0.3 is 6.09 Å². The molecule has 1 aromatic carbocycles. The van der Waals surface area contributed by atoms with E-state index in [1.54, 1.807) is 4.90 Å². The lowest BCUT2D eigenvalue weighted by Gasteiger charge is -2.33. The number of aliphatic hydroxyl groups excluding tert-OH is 1. The van der Waals surface area contributed by atoms with Gasteiger partial charge in [-0.05, 0) is 63.1 Å². The molecule has 1 aliphatic heterocycles. The summed E-state index contributed by atoms with van der Waals surface area (Å²) in [6.07, 6.45) is 6.38. The van der Waals surface area contributed by atoms with Crippen LogP contribution in [0.4, 0.5) is 4.79 Å². The van der Waals surface area contributed by atoms with E-state index in [-0.39, 0.29) is 12.7 Å². The Morgan fingerprint density at radius 1 is 1.18 bits per heavy atom. The molecule has 2 aromatic rings. The normalized spacial score (nSPS) is 15.5. The molecule has 6 nitrogen and oxygen atoms in total. The van der Waals surface area contributed by atoms with E-state index in [1.807, 2.05) is 57.4 Å². The Balaban J connectivity index is 1.53. The first kappa shape index (κ1) is 20.3. The van der Waals surface area contributed by atoms with E-state index >= 15 is 0 Å². The third-order valence-electron chi connectivity index (χ3n) is 4.86. The summed E-state index contributed by atoms with van der Waals surface area (Å²) in [6, 6.07) is 7.63. The number of carbonyl (C=O) groups is 1. The number of aliphatic hydroxyl groups is 1. The third-order valence-corrected chi connectivity index (χ3v) is 4.86. The van der Waals surface area contributed by atoms with Gasteiger partial charge in [-0.15, -0.1) is 0 Å². The predicted molar refractivity (Wildman–Crippen MR) is 108 cm³/mol. The van der Waals surface area contributed by atoms with Gasteiger partial charge in [-0.25, -0.2) is 14.8 Å². The second kappa shape index (κ2) is 8.69. The molecule has 1 fully saturated rings. The lowest BCUT2D eigenvalue weighted by Crippen LogP contribution is -2.42. The third kappa shape index (κ3) is 5.52. The van der Waals surface area contributed by atoms with E-state index in [2.05, 4.69) is 9.97 Å². The van der Waals surface area contributed by atoms with Crippen molar-refractivity contribution in [2.45, 2.75) is 52.2 Å². The summed E-state index contributed by atoms with van der Waals surface area (Å²) in [4.78, 5) is 23.0. The van der Waals surface area contributed by atoms with Crippen LogP contribution in [0.15, 0.2) is 36.7 Å². The summed E-state index contributed by atoms with van der Waals surface area (Å²) >= 11 is 0. The fourth-order valence-electron chi connectivity index (χ4n) is 3.40. The molecule has 0 spiro atoms. The maximum absolute atomic E-state index is 12.2. The van der Waals surface area contributed by atoms with Crippen LogP contribution in [0, 0.1) is 5.92 Å². The van der Waals surface area contributed by atoms with Gasteiger partial charge in [0, 0.05) is 31.0 Å². The van der Waals surface area contributed by atoms with Gasteiger partial charge < -0.3 is 14.7 Å². The molecule has 1 amide bonds. The van der Waals surface area contributed by atoms with Crippen LogP contribution in [0.2, 0.25) is 0 Å². The van der Waals surface area contributed by atoms with Crippen molar-refractivity contribution in [1.82, 2.24) is 14.9 Å². The number of hydrogen-bond acceptors (Lipinski definition) is 5. The minimum absolute atomic E-state index is 0.00785. The molecule has 1 aliphatic rings. The van der Waals surface area contributed by atoms with Gasteiger partial charge in [-0.2, -0.15) is 0 Å². The summed E-state index contributed by atoms with van der Waals surface area (Å²) in [5, 5.41) is 9.27. The van der Waals surface area contributed by atoms with Crippen LogP contribution in [0.3, 0.4) is 0 Å². The number of amides is 1. The molecule has 28 heavy (non-hydrogen) atoms. The molecule has 3 rings (SSSR count). The number of piperidine rings is 1. The van der Waals surface area contributed by atoms with Crippen molar-refractivity contribution < 1.29 is 14.6 Å². The van der Waals surface area contributed by atoms with Crippen molar-refractivity contribution in [2.75, 3.05) is 13.1 Å². The lowest BCUT2D eigenvalue weighted by molar-refractivity contribution is 0.0184. The van der Waals surface area contributed by atoms with E-state index < -0.39 is 5.60 Å². The minimum atomic E-state index is -0.455. The molecule has 0 atom stereocenters. The predicted octanol–water partition coefficient (Wildman–Crippen LogP) is 3.83. The zero-order valence-corrected chi connectivity index (χ0v) is 16.9. The molecule has 6 heteroatoms. The average Bonchev–Trinajstić information content (AvgIpc) is 2.68. The minimum Gasteiger partial charge on any atom is -0.444 e. The van der Waals surface area contributed by atoms with Crippen molar-refractivity contribution in [3.63, 3.8) is 0 Å². The monoisotopic (exact) mass is 383 g/mol. The Labute approximate surface area is 166 Å². The van der Waals surface area contributed by atoms with Gasteiger partial charge in [0.05, 0.1) is 6.61 Å². The van der Waals surface area contributed by atoms with E-state index in [1.165, 1.54) is 0 Å². The second-order valence-corrected chi connectivity index (χ2v) is 8.39. The molecule has 0 aliphatic carbocycles. The molecule has 1 N–H and O–H groups in total. The van der Waals surface area contributed by atoms with Gasteiger partial charge in [0.1, 0.15) is 5.60 Å². The fourth-order valence-corrected chi connectivity index (χ4v) is 3.40. The van der Waals surface area contributed by atoms with Crippen LogP contribution in [0.1, 0.15) is 44.7 Å². The van der Waals surface area contributed by atoms with Gasteiger partial charge in [0.15, 0.2) is 5.82 Å². The topological polar surface area (TPSA) is 75.5 Å². The van der Waals surface area contributed by atoms with Gasteiger partial charge in [0.25, 0.3) is 0 Å². The number of rotatable bonds is 4. The number of nitrogens with zero attached hydrogens (tertiary/aromatic N) is 3. The molecule has 0 bridgehead atoms. The Morgan fingerprint density at radius 3 is 2.46 bits per heavy atom. The SMILES string of the molecule is CC(C)(C)OC(=O)N1CCC(Cc2cnc(-c3cccc(CO)c3)nc2)CC1. The molecule has 150 valence electrons. The number of aromatic nitrogens is 2. The quantitative estimate of drug-likeness (QED) is 0.868. The van der Waals surface area contributed by atoms with Crippen molar-refractivity contribution in [2.24, 2.45) is 5.92 Å².